The van der Waals surface area contributed by atoms with Gasteiger partial charge >= 0.3 is 0 Å². The fourth-order valence-corrected chi connectivity index (χ4v) is 2.61. The zero-order valence-corrected chi connectivity index (χ0v) is 12.7. The molecule has 0 saturated heterocycles. The van der Waals surface area contributed by atoms with Crippen molar-refractivity contribution in [3.63, 3.8) is 0 Å². The predicted molar refractivity (Wildman–Crippen MR) is 82.0 cm³/mol. The molecule has 3 rings (SSSR count). The highest BCUT2D eigenvalue weighted by Crippen LogP contribution is 2.24. The molecule has 0 saturated carbocycles. The third kappa shape index (κ3) is 2.95. The number of rotatable bonds is 4. The Bertz CT molecular complexity index is 814. The summed E-state index contributed by atoms with van der Waals surface area (Å²) in [5, 5.41) is 0. The fraction of sp³-hybridized carbons (Fsp3) is 0.133. The molecule has 0 radical (unpaired) electrons. The summed E-state index contributed by atoms with van der Waals surface area (Å²) in [7, 11) is 0. The molecule has 0 aliphatic carbocycles. The van der Waals surface area contributed by atoms with Crippen LogP contribution in [-0.4, -0.2) is 28.3 Å². The molecule has 112 valence electrons. The van der Waals surface area contributed by atoms with Gasteiger partial charge in [0, 0.05) is 18.0 Å². The van der Waals surface area contributed by atoms with Crippen molar-refractivity contribution in [3.8, 4) is 16.9 Å². The van der Waals surface area contributed by atoms with Crippen LogP contribution in [0.2, 0.25) is 0 Å². The van der Waals surface area contributed by atoms with Crippen LogP contribution in [0.3, 0.4) is 0 Å². The first-order chi connectivity index (χ1) is 10.6. The monoisotopic (exact) mass is 313 g/mol. The number of aromatic nitrogens is 4. The first-order valence-electron chi connectivity index (χ1n) is 6.59. The van der Waals surface area contributed by atoms with E-state index in [9.17, 15) is 8.76 Å². The van der Waals surface area contributed by atoms with Gasteiger partial charge in [-0.3, -0.25) is 18.7 Å². The van der Waals surface area contributed by atoms with Crippen LogP contribution in [0.4, 0.5) is 0 Å². The fourth-order valence-electron chi connectivity index (χ4n) is 2.20. The van der Waals surface area contributed by atoms with E-state index in [0.29, 0.717) is 5.69 Å². The van der Waals surface area contributed by atoms with Crippen LogP contribution < -0.4 is 0 Å². The Kier molecular flexibility index (Phi) is 4.08. The van der Waals surface area contributed by atoms with E-state index in [-0.39, 0.29) is 5.75 Å². The van der Waals surface area contributed by atoms with Crippen LogP contribution in [0.5, 0.6) is 0 Å². The first kappa shape index (κ1) is 14.6. The Morgan fingerprint density at radius 2 is 2.05 bits per heavy atom. The molecule has 0 aliphatic heterocycles. The molecule has 7 heteroatoms. The zero-order valence-electron chi connectivity index (χ0n) is 11.8. The van der Waals surface area contributed by atoms with Gasteiger partial charge in [0.25, 0.3) is 0 Å². The Balaban J connectivity index is 1.99. The number of nitrogens with zero attached hydrogens (tertiary/aromatic N) is 4. The van der Waals surface area contributed by atoms with Gasteiger partial charge in [0.15, 0.2) is 0 Å². The molecule has 0 N–H and O–H groups in total. The van der Waals surface area contributed by atoms with Crippen molar-refractivity contribution in [2.75, 3.05) is 0 Å². The minimum absolute atomic E-state index is 0.0845. The standard InChI is InChI=1S/C15H14N4O2S/c1-11-4-5-16-7-14(11)15-8-17-10-19(15)13-3-2-12(18-6-13)9-22(20)21/h2-8,10H,9H2,1H3,(H,20,21)/p-1. The van der Waals surface area contributed by atoms with E-state index in [1.807, 2.05) is 23.6 Å². The highest BCUT2D eigenvalue weighted by molar-refractivity contribution is 7.78. The quantitative estimate of drug-likeness (QED) is 0.688. The van der Waals surface area contributed by atoms with Crippen LogP contribution in [-0.2, 0) is 16.8 Å². The van der Waals surface area contributed by atoms with Gasteiger partial charge in [0.05, 0.1) is 41.5 Å². The zero-order chi connectivity index (χ0) is 15.5. The second-order valence-corrected chi connectivity index (χ2v) is 5.69. The number of aryl methyl sites for hydroxylation is 1. The summed E-state index contributed by atoms with van der Waals surface area (Å²) in [6.45, 7) is 2.01. The van der Waals surface area contributed by atoms with Gasteiger partial charge in [-0.05, 0) is 41.8 Å². The van der Waals surface area contributed by atoms with E-state index in [1.54, 1.807) is 37.2 Å². The molecule has 3 aromatic heterocycles. The van der Waals surface area contributed by atoms with Crippen molar-refractivity contribution in [2.45, 2.75) is 12.7 Å². The van der Waals surface area contributed by atoms with E-state index in [2.05, 4.69) is 15.0 Å². The molecule has 0 bridgehead atoms. The molecule has 3 aromatic rings. The lowest BCUT2D eigenvalue weighted by atomic mass is 10.1. The van der Waals surface area contributed by atoms with Gasteiger partial charge in [-0.15, -0.1) is 0 Å². The van der Waals surface area contributed by atoms with Crippen molar-refractivity contribution < 1.29 is 8.76 Å². The van der Waals surface area contributed by atoms with Crippen LogP contribution in [0.1, 0.15) is 11.3 Å². The summed E-state index contributed by atoms with van der Waals surface area (Å²) in [6.07, 6.45) is 8.65. The lowest BCUT2D eigenvalue weighted by molar-refractivity contribution is 0.535. The normalized spacial score (nSPS) is 12.3. The van der Waals surface area contributed by atoms with Crippen LogP contribution >= 0.6 is 0 Å². The second kappa shape index (κ2) is 6.17. The maximum Gasteiger partial charge on any atom is 0.0997 e. The van der Waals surface area contributed by atoms with Crippen LogP contribution in [0, 0.1) is 6.92 Å². The van der Waals surface area contributed by atoms with Crippen molar-refractivity contribution in [1.29, 1.82) is 0 Å². The lowest BCUT2D eigenvalue weighted by Gasteiger charge is -2.10. The van der Waals surface area contributed by atoms with E-state index in [1.165, 1.54) is 0 Å². The summed E-state index contributed by atoms with van der Waals surface area (Å²) >= 11 is -2.14. The van der Waals surface area contributed by atoms with E-state index >= 15 is 0 Å². The molecule has 3 heterocycles. The van der Waals surface area contributed by atoms with Gasteiger partial charge in [0.1, 0.15) is 0 Å². The minimum atomic E-state index is -2.14. The molecule has 22 heavy (non-hydrogen) atoms. The van der Waals surface area contributed by atoms with Crippen LogP contribution in [0.25, 0.3) is 16.9 Å². The Morgan fingerprint density at radius 3 is 2.73 bits per heavy atom. The summed E-state index contributed by atoms with van der Waals surface area (Å²) in [4.78, 5) is 12.5. The molecular weight excluding hydrogens is 300 g/mol. The average molecular weight is 313 g/mol. The van der Waals surface area contributed by atoms with Crippen LogP contribution in [0.15, 0.2) is 49.3 Å². The van der Waals surface area contributed by atoms with Crippen molar-refractivity contribution in [2.24, 2.45) is 0 Å². The second-order valence-electron chi connectivity index (χ2n) is 4.80. The van der Waals surface area contributed by atoms with Crippen molar-refractivity contribution in [1.82, 2.24) is 19.5 Å². The molecule has 0 aliphatic rings. The Hall–Kier alpha value is -2.38. The summed E-state index contributed by atoms with van der Waals surface area (Å²) in [6, 6.07) is 5.47. The van der Waals surface area contributed by atoms with Crippen molar-refractivity contribution in [3.05, 3.63) is 60.6 Å². The SMILES string of the molecule is Cc1ccncc1-c1cncn1-c1ccc(CS(=O)[O-])nc1. The lowest BCUT2D eigenvalue weighted by Crippen LogP contribution is -2.00. The minimum Gasteiger partial charge on any atom is -0.772 e. The third-order valence-electron chi connectivity index (χ3n) is 3.31. The molecule has 0 aromatic carbocycles. The maximum atomic E-state index is 10.7. The van der Waals surface area contributed by atoms with Gasteiger partial charge in [0.2, 0.25) is 0 Å². The number of pyridine rings is 2. The maximum absolute atomic E-state index is 10.7. The highest BCUT2D eigenvalue weighted by atomic mass is 32.2. The van der Waals surface area contributed by atoms with Gasteiger partial charge in [-0.1, -0.05) is 0 Å². The molecule has 0 spiro atoms. The molecule has 6 nitrogen and oxygen atoms in total. The third-order valence-corrected chi connectivity index (χ3v) is 3.84. The average Bonchev–Trinajstić information content (AvgIpc) is 2.97. The molecule has 1 atom stereocenters. The summed E-state index contributed by atoms with van der Waals surface area (Å²) in [5.74, 6) is -0.0845. The molecule has 1 unspecified atom stereocenters. The number of imidazole rings is 1. The molecular formula is C15H13N4O2S-. The Labute approximate surface area is 130 Å². The van der Waals surface area contributed by atoms with E-state index in [0.717, 1.165) is 22.5 Å². The van der Waals surface area contributed by atoms with E-state index < -0.39 is 11.1 Å². The topological polar surface area (TPSA) is 83.7 Å². The summed E-state index contributed by atoms with van der Waals surface area (Å²) in [5.41, 5.74) is 4.33. The molecule has 0 amide bonds. The highest BCUT2D eigenvalue weighted by Gasteiger charge is 2.10. The van der Waals surface area contributed by atoms with E-state index in [4.69, 9.17) is 0 Å². The predicted octanol–water partition coefficient (Wildman–Crippen LogP) is 2.02. The smallest absolute Gasteiger partial charge is 0.0997 e. The van der Waals surface area contributed by atoms with Gasteiger partial charge in [-0.2, -0.15) is 0 Å². The number of hydrogen-bond donors (Lipinski definition) is 0. The Morgan fingerprint density at radius 1 is 1.18 bits per heavy atom. The van der Waals surface area contributed by atoms with Crippen molar-refractivity contribution >= 4 is 11.1 Å². The van der Waals surface area contributed by atoms with Gasteiger partial charge < -0.3 is 4.55 Å². The largest absolute Gasteiger partial charge is 0.772 e. The first-order valence-corrected chi connectivity index (χ1v) is 7.84. The summed E-state index contributed by atoms with van der Waals surface area (Å²) < 4.78 is 23.3. The van der Waals surface area contributed by atoms with Gasteiger partial charge in [-0.25, -0.2) is 4.98 Å². The molecule has 0 fully saturated rings. The number of hydrogen-bond acceptors (Lipinski definition) is 5.